The van der Waals surface area contributed by atoms with Crippen molar-refractivity contribution in [2.75, 3.05) is 24.3 Å². The van der Waals surface area contributed by atoms with Gasteiger partial charge in [-0.15, -0.1) is 0 Å². The van der Waals surface area contributed by atoms with Crippen LogP contribution in [-0.4, -0.2) is 33.8 Å². The highest BCUT2D eigenvalue weighted by atomic mass is 32.2. The van der Waals surface area contributed by atoms with E-state index in [2.05, 4.69) is 5.32 Å². The van der Waals surface area contributed by atoms with Crippen LogP contribution in [-0.2, 0) is 20.3 Å². The van der Waals surface area contributed by atoms with Crippen molar-refractivity contribution in [1.82, 2.24) is 0 Å². The minimum atomic E-state index is -1.27. The zero-order valence-corrected chi connectivity index (χ0v) is 12.6. The molecule has 1 saturated heterocycles. The van der Waals surface area contributed by atoms with E-state index in [0.717, 1.165) is 6.07 Å². The first-order valence-corrected chi connectivity index (χ1v) is 8.09. The zero-order valence-electron chi connectivity index (χ0n) is 11.8. The third-order valence-electron chi connectivity index (χ3n) is 3.49. The lowest BCUT2D eigenvalue weighted by atomic mass is 10.2. The molecule has 0 bridgehead atoms. The maximum atomic E-state index is 13.0. The van der Waals surface area contributed by atoms with Crippen LogP contribution in [0.4, 0.5) is 15.8 Å². The third kappa shape index (κ3) is 4.01. The van der Waals surface area contributed by atoms with E-state index in [0.29, 0.717) is 31.7 Å². The van der Waals surface area contributed by atoms with Gasteiger partial charge < -0.3 is 15.8 Å². The number of hydrogen-bond donors (Lipinski definition) is 2. The molecule has 1 aromatic rings. The molecule has 1 heterocycles. The Labute approximate surface area is 125 Å². The SMILES string of the molecule is CC(C(=O)Nc1ccc(F)cc1N)S(=O)C1CCOCC1. The van der Waals surface area contributed by atoms with Crippen LogP contribution in [0.3, 0.4) is 0 Å². The first-order chi connectivity index (χ1) is 9.99. The molecular weight excluding hydrogens is 295 g/mol. The first-order valence-electron chi connectivity index (χ1n) is 6.82. The number of anilines is 2. The molecule has 1 aromatic carbocycles. The van der Waals surface area contributed by atoms with Gasteiger partial charge in [0.05, 0.1) is 11.4 Å². The summed E-state index contributed by atoms with van der Waals surface area (Å²) in [5.74, 6) is -0.845. The van der Waals surface area contributed by atoms with Gasteiger partial charge in [0.25, 0.3) is 0 Å². The van der Waals surface area contributed by atoms with Crippen LogP contribution in [0.2, 0.25) is 0 Å². The quantitative estimate of drug-likeness (QED) is 0.828. The fourth-order valence-corrected chi connectivity index (χ4v) is 3.69. The highest BCUT2D eigenvalue weighted by molar-refractivity contribution is 7.87. The number of nitrogens with two attached hydrogens (primary N) is 1. The predicted octanol–water partition coefficient (Wildman–Crippen LogP) is 1.66. The molecule has 0 radical (unpaired) electrons. The van der Waals surface area contributed by atoms with Crippen molar-refractivity contribution in [3.63, 3.8) is 0 Å². The smallest absolute Gasteiger partial charge is 0.239 e. The van der Waals surface area contributed by atoms with Crippen molar-refractivity contribution < 1.29 is 18.1 Å². The lowest BCUT2D eigenvalue weighted by Gasteiger charge is -2.24. The standard InChI is InChI=1S/C14H19FN2O3S/c1-9(21(19)11-4-6-20-7-5-11)14(18)17-13-3-2-10(15)8-12(13)16/h2-3,8-9,11H,4-7,16H2,1H3,(H,17,18). The van der Waals surface area contributed by atoms with E-state index in [-0.39, 0.29) is 16.8 Å². The predicted molar refractivity (Wildman–Crippen MR) is 80.9 cm³/mol. The molecule has 0 saturated carbocycles. The van der Waals surface area contributed by atoms with E-state index >= 15 is 0 Å². The summed E-state index contributed by atoms with van der Waals surface area (Å²) in [5, 5.41) is 1.92. The number of amides is 1. The van der Waals surface area contributed by atoms with E-state index in [4.69, 9.17) is 10.5 Å². The summed E-state index contributed by atoms with van der Waals surface area (Å²) < 4.78 is 30.6. The largest absolute Gasteiger partial charge is 0.397 e. The summed E-state index contributed by atoms with van der Waals surface area (Å²) in [6.07, 6.45) is 1.39. The molecule has 1 aliphatic heterocycles. The molecule has 2 atom stereocenters. The zero-order chi connectivity index (χ0) is 15.4. The fraction of sp³-hybridized carbons (Fsp3) is 0.500. The van der Waals surface area contributed by atoms with Crippen LogP contribution >= 0.6 is 0 Å². The second-order valence-corrected chi connectivity index (χ2v) is 7.03. The minimum absolute atomic E-state index is 0.0231. The van der Waals surface area contributed by atoms with Gasteiger partial charge in [-0.1, -0.05) is 0 Å². The summed E-state index contributed by atoms with van der Waals surface area (Å²) in [6.45, 7) is 2.78. The average Bonchev–Trinajstić information content (AvgIpc) is 2.49. The number of benzene rings is 1. The van der Waals surface area contributed by atoms with Crippen molar-refractivity contribution >= 4 is 28.1 Å². The number of carbonyl (C=O) groups is 1. The molecule has 2 unspecified atom stereocenters. The number of halogens is 1. The van der Waals surface area contributed by atoms with Crippen LogP contribution in [0.15, 0.2) is 18.2 Å². The van der Waals surface area contributed by atoms with Gasteiger partial charge in [0, 0.05) is 29.3 Å². The molecule has 2 rings (SSSR count). The summed E-state index contributed by atoms with van der Waals surface area (Å²) in [5.41, 5.74) is 6.12. The molecule has 0 spiro atoms. The summed E-state index contributed by atoms with van der Waals surface area (Å²) >= 11 is 0. The molecule has 5 nitrogen and oxygen atoms in total. The molecule has 7 heteroatoms. The van der Waals surface area contributed by atoms with Crippen molar-refractivity contribution in [3.05, 3.63) is 24.0 Å². The third-order valence-corrected chi connectivity index (χ3v) is 5.53. The van der Waals surface area contributed by atoms with Crippen LogP contribution in [0, 0.1) is 5.82 Å². The molecule has 1 fully saturated rings. The van der Waals surface area contributed by atoms with Gasteiger partial charge in [-0.3, -0.25) is 9.00 Å². The monoisotopic (exact) mass is 314 g/mol. The van der Waals surface area contributed by atoms with E-state index in [9.17, 15) is 13.4 Å². The van der Waals surface area contributed by atoms with Gasteiger partial charge in [-0.2, -0.15) is 0 Å². The van der Waals surface area contributed by atoms with Gasteiger partial charge in [-0.05, 0) is 38.0 Å². The molecule has 1 aliphatic rings. The molecule has 21 heavy (non-hydrogen) atoms. The number of ether oxygens (including phenoxy) is 1. The minimum Gasteiger partial charge on any atom is -0.397 e. The molecule has 3 N–H and O–H groups in total. The van der Waals surface area contributed by atoms with Crippen LogP contribution in [0.1, 0.15) is 19.8 Å². The lowest BCUT2D eigenvalue weighted by Crippen LogP contribution is -2.37. The molecule has 0 aliphatic carbocycles. The Kier molecular flexibility index (Phi) is 5.30. The first kappa shape index (κ1) is 15.9. The van der Waals surface area contributed by atoms with Gasteiger partial charge in [0.1, 0.15) is 11.1 Å². The Hall–Kier alpha value is -1.47. The van der Waals surface area contributed by atoms with Gasteiger partial charge in [-0.25, -0.2) is 4.39 Å². The van der Waals surface area contributed by atoms with Crippen LogP contribution < -0.4 is 11.1 Å². The Morgan fingerprint density at radius 2 is 2.14 bits per heavy atom. The van der Waals surface area contributed by atoms with E-state index in [1.807, 2.05) is 0 Å². The normalized spacial score (nSPS) is 19.0. The molecular formula is C14H19FN2O3S. The van der Waals surface area contributed by atoms with Crippen molar-refractivity contribution in [2.24, 2.45) is 0 Å². The Balaban J connectivity index is 2.00. The van der Waals surface area contributed by atoms with Gasteiger partial charge >= 0.3 is 0 Å². The maximum absolute atomic E-state index is 13.0. The van der Waals surface area contributed by atoms with E-state index in [1.165, 1.54) is 12.1 Å². The van der Waals surface area contributed by atoms with Crippen molar-refractivity contribution in [1.29, 1.82) is 0 Å². The Morgan fingerprint density at radius 3 is 2.76 bits per heavy atom. The Morgan fingerprint density at radius 1 is 1.48 bits per heavy atom. The average molecular weight is 314 g/mol. The fourth-order valence-electron chi connectivity index (χ4n) is 2.18. The highest BCUT2D eigenvalue weighted by Crippen LogP contribution is 2.21. The van der Waals surface area contributed by atoms with Gasteiger partial charge in [0.15, 0.2) is 0 Å². The highest BCUT2D eigenvalue weighted by Gasteiger charge is 2.28. The Bertz CT molecular complexity index is 547. The van der Waals surface area contributed by atoms with Gasteiger partial charge in [0.2, 0.25) is 5.91 Å². The summed E-state index contributed by atoms with van der Waals surface area (Å²) in [7, 11) is -1.27. The maximum Gasteiger partial charge on any atom is 0.239 e. The van der Waals surface area contributed by atoms with Crippen molar-refractivity contribution in [2.45, 2.75) is 30.3 Å². The number of rotatable bonds is 4. The summed E-state index contributed by atoms with van der Waals surface area (Å²) in [4.78, 5) is 12.1. The second-order valence-electron chi connectivity index (χ2n) is 5.00. The number of carbonyl (C=O) groups excluding carboxylic acids is 1. The summed E-state index contributed by atoms with van der Waals surface area (Å²) in [6, 6.07) is 3.74. The van der Waals surface area contributed by atoms with Crippen LogP contribution in [0.25, 0.3) is 0 Å². The van der Waals surface area contributed by atoms with Crippen molar-refractivity contribution in [3.8, 4) is 0 Å². The molecule has 0 aromatic heterocycles. The number of hydrogen-bond acceptors (Lipinski definition) is 4. The van der Waals surface area contributed by atoms with E-state index < -0.39 is 21.9 Å². The topological polar surface area (TPSA) is 81.4 Å². The number of nitrogens with one attached hydrogen (secondary N) is 1. The van der Waals surface area contributed by atoms with E-state index in [1.54, 1.807) is 6.92 Å². The molecule has 116 valence electrons. The number of nitrogen functional groups attached to an aromatic ring is 1. The molecule has 1 amide bonds. The lowest BCUT2D eigenvalue weighted by molar-refractivity contribution is -0.115. The van der Waals surface area contributed by atoms with Crippen LogP contribution in [0.5, 0.6) is 0 Å². The second kappa shape index (κ2) is 7.00.